The van der Waals surface area contributed by atoms with Crippen molar-refractivity contribution in [3.8, 4) is 0 Å². The number of hydrogen-bond acceptors (Lipinski definition) is 2. The van der Waals surface area contributed by atoms with Crippen molar-refractivity contribution < 1.29 is 9.53 Å². The first-order valence-electron chi connectivity index (χ1n) is 8.25. The normalized spacial score (nSPS) is 10.5. The van der Waals surface area contributed by atoms with E-state index in [2.05, 4.69) is 36.1 Å². The molecule has 25 heavy (non-hydrogen) atoms. The van der Waals surface area contributed by atoms with Gasteiger partial charge < -0.3 is 4.74 Å². The predicted molar refractivity (Wildman–Crippen MR) is 104 cm³/mol. The van der Waals surface area contributed by atoms with Gasteiger partial charge in [-0.05, 0) is 47.0 Å². The topological polar surface area (TPSA) is 26.3 Å². The molecule has 0 radical (unpaired) electrons. The molecule has 0 bridgehead atoms. The van der Waals surface area contributed by atoms with E-state index in [9.17, 15) is 4.79 Å². The van der Waals surface area contributed by atoms with Crippen LogP contribution in [0.5, 0.6) is 0 Å². The van der Waals surface area contributed by atoms with Crippen LogP contribution in [-0.4, -0.2) is 11.8 Å². The molecule has 0 N–H and O–H groups in total. The van der Waals surface area contributed by atoms with Crippen molar-refractivity contribution in [3.63, 3.8) is 0 Å². The maximum atomic E-state index is 12.2. The number of carbonyl (C=O) groups excluding carboxylic acids is 1. The molecule has 0 unspecified atom stereocenters. The first kappa shape index (κ1) is 17.3. The summed E-state index contributed by atoms with van der Waals surface area (Å²) in [7, 11) is 0. The van der Waals surface area contributed by atoms with E-state index in [4.69, 9.17) is 16.3 Å². The SMILES string of the molecule is CC(=C=CCCCl)C(=O)OCc1c2ccccc2cc2ccccc12. The minimum Gasteiger partial charge on any atom is -0.457 e. The van der Waals surface area contributed by atoms with Gasteiger partial charge in [-0.1, -0.05) is 48.5 Å². The third-order valence-corrected chi connectivity index (χ3v) is 4.33. The molecule has 3 aromatic rings. The summed E-state index contributed by atoms with van der Waals surface area (Å²) < 4.78 is 5.55. The fraction of sp³-hybridized carbons (Fsp3) is 0.182. The van der Waals surface area contributed by atoms with E-state index in [1.807, 2.05) is 24.3 Å². The molecule has 0 spiro atoms. The van der Waals surface area contributed by atoms with Crippen molar-refractivity contribution in [2.45, 2.75) is 20.0 Å². The number of esters is 1. The zero-order chi connectivity index (χ0) is 17.6. The quantitative estimate of drug-likeness (QED) is 0.192. The Bertz CT molecular complexity index is 928. The van der Waals surface area contributed by atoms with Crippen molar-refractivity contribution in [2.75, 3.05) is 5.88 Å². The number of fused-ring (bicyclic) bond motifs is 2. The van der Waals surface area contributed by atoms with Crippen LogP contribution in [0.1, 0.15) is 18.9 Å². The van der Waals surface area contributed by atoms with E-state index in [-0.39, 0.29) is 12.6 Å². The molecule has 0 amide bonds. The highest BCUT2D eigenvalue weighted by molar-refractivity contribution is 6.17. The van der Waals surface area contributed by atoms with Crippen molar-refractivity contribution in [2.24, 2.45) is 0 Å². The number of ether oxygens (including phenoxy) is 1. The summed E-state index contributed by atoms with van der Waals surface area (Å²) in [6.45, 7) is 1.93. The molecule has 0 heterocycles. The molecule has 126 valence electrons. The Morgan fingerprint density at radius 2 is 1.68 bits per heavy atom. The van der Waals surface area contributed by atoms with Crippen LogP contribution in [0.4, 0.5) is 0 Å². The van der Waals surface area contributed by atoms with Crippen LogP contribution >= 0.6 is 11.6 Å². The molecule has 0 saturated carbocycles. The van der Waals surface area contributed by atoms with Gasteiger partial charge in [-0.3, -0.25) is 0 Å². The van der Waals surface area contributed by atoms with Gasteiger partial charge in [0.05, 0.1) is 5.57 Å². The van der Waals surface area contributed by atoms with Crippen LogP contribution in [0.3, 0.4) is 0 Å². The molecular formula is C22H19ClO2. The Kier molecular flexibility index (Phi) is 5.55. The average molecular weight is 351 g/mol. The lowest BCUT2D eigenvalue weighted by atomic mass is 9.97. The van der Waals surface area contributed by atoms with Gasteiger partial charge in [0.15, 0.2) is 0 Å². The number of carbonyl (C=O) groups is 1. The van der Waals surface area contributed by atoms with Crippen molar-refractivity contribution >= 4 is 39.1 Å². The minimum atomic E-state index is -0.358. The molecule has 0 aromatic heterocycles. The molecule has 0 aliphatic carbocycles. The monoisotopic (exact) mass is 350 g/mol. The molecule has 0 saturated heterocycles. The number of benzene rings is 3. The van der Waals surface area contributed by atoms with Crippen LogP contribution in [-0.2, 0) is 16.1 Å². The molecule has 3 heteroatoms. The Balaban J connectivity index is 1.94. The summed E-state index contributed by atoms with van der Waals surface area (Å²) in [6.07, 6.45) is 2.44. The molecule has 0 atom stereocenters. The smallest absolute Gasteiger partial charge is 0.341 e. The summed E-state index contributed by atoms with van der Waals surface area (Å²) in [4.78, 5) is 12.2. The minimum absolute atomic E-state index is 0.231. The Labute approximate surface area is 152 Å². The maximum Gasteiger partial charge on any atom is 0.341 e. The standard InChI is InChI=1S/C22H19ClO2/c1-16(8-6-7-13-23)22(24)25-15-21-19-11-4-2-9-17(19)14-18-10-3-5-12-20(18)21/h2-6,9-12,14H,7,13,15H2,1H3. The lowest BCUT2D eigenvalue weighted by Gasteiger charge is -2.12. The fourth-order valence-corrected chi connectivity index (χ4v) is 2.96. The Hall–Kier alpha value is -2.54. The van der Waals surface area contributed by atoms with E-state index >= 15 is 0 Å². The molecule has 0 aliphatic heterocycles. The number of hydrogen-bond donors (Lipinski definition) is 0. The second-order valence-electron chi connectivity index (χ2n) is 5.82. The molecule has 0 aliphatic rings. The first-order valence-corrected chi connectivity index (χ1v) is 8.78. The molecule has 3 aromatic carbocycles. The van der Waals surface area contributed by atoms with Crippen molar-refractivity contribution in [3.05, 3.63) is 77.5 Å². The second-order valence-corrected chi connectivity index (χ2v) is 6.20. The molecule has 0 fully saturated rings. The van der Waals surface area contributed by atoms with Crippen molar-refractivity contribution in [1.29, 1.82) is 0 Å². The maximum absolute atomic E-state index is 12.2. The molecule has 2 nitrogen and oxygen atoms in total. The summed E-state index contributed by atoms with van der Waals surface area (Å²) in [5.41, 5.74) is 4.41. The van der Waals surface area contributed by atoms with E-state index < -0.39 is 0 Å². The number of halogens is 1. The fourth-order valence-electron chi connectivity index (χ4n) is 2.85. The van der Waals surface area contributed by atoms with Gasteiger partial charge in [-0.15, -0.1) is 17.3 Å². The predicted octanol–water partition coefficient (Wildman–Crippen LogP) is 5.77. The third-order valence-electron chi connectivity index (χ3n) is 4.11. The first-order chi connectivity index (χ1) is 12.2. The van der Waals surface area contributed by atoms with Gasteiger partial charge in [0, 0.05) is 11.4 Å². The average Bonchev–Trinajstić information content (AvgIpc) is 2.65. The van der Waals surface area contributed by atoms with Crippen LogP contribution in [0, 0.1) is 0 Å². The summed E-state index contributed by atoms with van der Waals surface area (Å²) in [6, 6.07) is 18.5. The summed E-state index contributed by atoms with van der Waals surface area (Å²) in [5, 5.41) is 4.49. The van der Waals surface area contributed by atoms with E-state index in [1.54, 1.807) is 13.0 Å². The highest BCUT2D eigenvalue weighted by Crippen LogP contribution is 2.29. The number of alkyl halides is 1. The van der Waals surface area contributed by atoms with Crippen LogP contribution < -0.4 is 0 Å². The highest BCUT2D eigenvalue weighted by Gasteiger charge is 2.11. The zero-order valence-electron chi connectivity index (χ0n) is 14.1. The largest absolute Gasteiger partial charge is 0.457 e. The Morgan fingerprint density at radius 3 is 2.28 bits per heavy atom. The van der Waals surface area contributed by atoms with Gasteiger partial charge in [0.1, 0.15) is 6.61 Å². The lowest BCUT2D eigenvalue weighted by Crippen LogP contribution is -2.06. The van der Waals surface area contributed by atoms with Crippen LogP contribution in [0.15, 0.2) is 72.0 Å². The van der Waals surface area contributed by atoms with Crippen LogP contribution in [0.25, 0.3) is 21.5 Å². The Morgan fingerprint density at radius 1 is 1.08 bits per heavy atom. The van der Waals surface area contributed by atoms with Gasteiger partial charge in [-0.25, -0.2) is 4.79 Å². The van der Waals surface area contributed by atoms with Gasteiger partial charge in [0.2, 0.25) is 0 Å². The van der Waals surface area contributed by atoms with E-state index in [1.165, 1.54) is 0 Å². The zero-order valence-corrected chi connectivity index (χ0v) is 14.8. The van der Waals surface area contributed by atoms with E-state index in [0.717, 1.165) is 27.1 Å². The van der Waals surface area contributed by atoms with Crippen molar-refractivity contribution in [1.82, 2.24) is 0 Å². The van der Waals surface area contributed by atoms with Gasteiger partial charge in [-0.2, -0.15) is 0 Å². The molecular weight excluding hydrogens is 332 g/mol. The molecule has 3 rings (SSSR count). The highest BCUT2D eigenvalue weighted by atomic mass is 35.5. The summed E-state index contributed by atoms with van der Waals surface area (Å²) in [5.74, 6) is 0.153. The van der Waals surface area contributed by atoms with Gasteiger partial charge >= 0.3 is 5.97 Å². The van der Waals surface area contributed by atoms with Crippen LogP contribution in [0.2, 0.25) is 0 Å². The van der Waals surface area contributed by atoms with Gasteiger partial charge in [0.25, 0.3) is 0 Å². The lowest BCUT2D eigenvalue weighted by molar-refractivity contribution is -0.140. The second kappa shape index (κ2) is 8.02. The third kappa shape index (κ3) is 3.93. The number of rotatable bonds is 5. The van der Waals surface area contributed by atoms with E-state index in [0.29, 0.717) is 17.9 Å². The summed E-state index contributed by atoms with van der Waals surface area (Å²) >= 11 is 5.62.